The van der Waals surface area contributed by atoms with Crippen LogP contribution in [0.15, 0.2) is 23.1 Å². The van der Waals surface area contributed by atoms with Crippen molar-refractivity contribution < 1.29 is 14.6 Å². The predicted octanol–water partition coefficient (Wildman–Crippen LogP) is 0.429. The molecule has 1 aromatic heterocycles. The molecule has 1 aromatic rings. The first-order valence-corrected chi connectivity index (χ1v) is 3.62. The number of aliphatic hydroxyl groups excluding tert-OH is 2. The molecule has 4 nitrogen and oxygen atoms in total. The standard InChI is InChI=1S/C8H11NO3/c1-6(10)8(11)3-2-7-4-12-5-9-7/h2-6,8,10-11H,1H3/b3-2+. The van der Waals surface area contributed by atoms with E-state index in [2.05, 4.69) is 4.98 Å². The summed E-state index contributed by atoms with van der Waals surface area (Å²) in [5, 5.41) is 18.0. The van der Waals surface area contributed by atoms with Crippen LogP contribution in [-0.2, 0) is 0 Å². The minimum absolute atomic E-state index is 0.620. The van der Waals surface area contributed by atoms with Gasteiger partial charge in [0.2, 0.25) is 0 Å². The SMILES string of the molecule is CC(O)C(O)/C=C/c1cocn1. The van der Waals surface area contributed by atoms with E-state index >= 15 is 0 Å². The summed E-state index contributed by atoms with van der Waals surface area (Å²) in [6, 6.07) is 0. The second-order valence-corrected chi connectivity index (χ2v) is 2.50. The highest BCUT2D eigenvalue weighted by Crippen LogP contribution is 2.01. The van der Waals surface area contributed by atoms with E-state index in [1.807, 2.05) is 0 Å². The highest BCUT2D eigenvalue weighted by atomic mass is 16.3. The zero-order chi connectivity index (χ0) is 8.97. The molecular formula is C8H11NO3. The van der Waals surface area contributed by atoms with Crippen LogP contribution in [0.25, 0.3) is 6.08 Å². The third-order valence-electron chi connectivity index (χ3n) is 1.41. The molecule has 0 fully saturated rings. The highest BCUT2D eigenvalue weighted by molar-refractivity contribution is 5.42. The average molecular weight is 169 g/mol. The molecule has 12 heavy (non-hydrogen) atoms. The van der Waals surface area contributed by atoms with Gasteiger partial charge in [-0.15, -0.1) is 0 Å². The van der Waals surface area contributed by atoms with E-state index in [9.17, 15) is 0 Å². The van der Waals surface area contributed by atoms with Gasteiger partial charge in [-0.1, -0.05) is 6.08 Å². The topological polar surface area (TPSA) is 66.5 Å². The largest absolute Gasteiger partial charge is 0.451 e. The molecule has 1 heterocycles. The van der Waals surface area contributed by atoms with E-state index in [-0.39, 0.29) is 0 Å². The summed E-state index contributed by atoms with van der Waals surface area (Å²) in [4.78, 5) is 3.80. The second-order valence-electron chi connectivity index (χ2n) is 2.50. The van der Waals surface area contributed by atoms with E-state index in [1.54, 1.807) is 6.08 Å². The smallest absolute Gasteiger partial charge is 0.181 e. The molecule has 0 aliphatic carbocycles. The number of oxazole rings is 1. The number of aromatic nitrogens is 1. The molecule has 0 amide bonds. The van der Waals surface area contributed by atoms with Crippen molar-refractivity contribution in [2.24, 2.45) is 0 Å². The van der Waals surface area contributed by atoms with Gasteiger partial charge < -0.3 is 14.6 Å². The first-order chi connectivity index (χ1) is 5.70. The number of aliphatic hydroxyl groups is 2. The molecule has 0 aliphatic rings. The Morgan fingerprint density at radius 1 is 1.58 bits per heavy atom. The van der Waals surface area contributed by atoms with Gasteiger partial charge in [0.25, 0.3) is 0 Å². The Morgan fingerprint density at radius 2 is 2.33 bits per heavy atom. The molecule has 0 aromatic carbocycles. The van der Waals surface area contributed by atoms with E-state index in [1.165, 1.54) is 25.7 Å². The van der Waals surface area contributed by atoms with Crippen molar-refractivity contribution in [2.45, 2.75) is 19.1 Å². The maximum Gasteiger partial charge on any atom is 0.181 e. The van der Waals surface area contributed by atoms with Crippen LogP contribution >= 0.6 is 0 Å². The van der Waals surface area contributed by atoms with Crippen LogP contribution in [0.5, 0.6) is 0 Å². The Balaban J connectivity index is 2.51. The van der Waals surface area contributed by atoms with Gasteiger partial charge in [0, 0.05) is 0 Å². The van der Waals surface area contributed by atoms with Crippen molar-refractivity contribution in [2.75, 3.05) is 0 Å². The number of rotatable bonds is 3. The van der Waals surface area contributed by atoms with E-state index < -0.39 is 12.2 Å². The van der Waals surface area contributed by atoms with Crippen molar-refractivity contribution in [3.05, 3.63) is 24.4 Å². The fourth-order valence-electron chi connectivity index (χ4n) is 0.662. The van der Waals surface area contributed by atoms with Gasteiger partial charge in [-0.3, -0.25) is 0 Å². The average Bonchev–Trinajstić information content (AvgIpc) is 2.51. The lowest BCUT2D eigenvalue weighted by Gasteiger charge is -2.06. The summed E-state index contributed by atoms with van der Waals surface area (Å²) in [6.45, 7) is 1.51. The van der Waals surface area contributed by atoms with Gasteiger partial charge in [0.05, 0.1) is 12.2 Å². The Bertz CT molecular complexity index is 241. The van der Waals surface area contributed by atoms with Crippen LogP contribution in [0.1, 0.15) is 12.6 Å². The van der Waals surface area contributed by atoms with Crippen LogP contribution < -0.4 is 0 Å². The van der Waals surface area contributed by atoms with Crippen LogP contribution in [0.4, 0.5) is 0 Å². The Kier molecular flexibility index (Phi) is 3.01. The van der Waals surface area contributed by atoms with E-state index in [4.69, 9.17) is 14.6 Å². The quantitative estimate of drug-likeness (QED) is 0.688. The molecule has 0 saturated heterocycles. The lowest BCUT2D eigenvalue weighted by Crippen LogP contribution is -2.19. The van der Waals surface area contributed by atoms with Gasteiger partial charge in [-0.25, -0.2) is 4.98 Å². The highest BCUT2D eigenvalue weighted by Gasteiger charge is 2.05. The first kappa shape index (κ1) is 8.96. The molecule has 0 spiro atoms. The van der Waals surface area contributed by atoms with Crippen LogP contribution in [0.2, 0.25) is 0 Å². The van der Waals surface area contributed by atoms with Crippen molar-refractivity contribution in [1.82, 2.24) is 4.98 Å². The molecule has 2 atom stereocenters. The number of hydrogen-bond acceptors (Lipinski definition) is 4. The molecule has 1 rings (SSSR count). The first-order valence-electron chi connectivity index (χ1n) is 3.62. The monoisotopic (exact) mass is 169 g/mol. The molecule has 0 bridgehead atoms. The molecule has 66 valence electrons. The number of hydrogen-bond donors (Lipinski definition) is 2. The summed E-state index contributed by atoms with van der Waals surface area (Å²) in [6.07, 6.45) is 4.16. The van der Waals surface area contributed by atoms with Crippen molar-refractivity contribution in [1.29, 1.82) is 0 Å². The Labute approximate surface area is 70.2 Å². The summed E-state index contributed by atoms with van der Waals surface area (Å²) >= 11 is 0. The maximum atomic E-state index is 9.13. The fourth-order valence-corrected chi connectivity index (χ4v) is 0.662. The molecule has 0 radical (unpaired) electrons. The molecule has 4 heteroatoms. The zero-order valence-electron chi connectivity index (χ0n) is 6.71. The Morgan fingerprint density at radius 3 is 2.83 bits per heavy atom. The molecular weight excluding hydrogens is 158 g/mol. The lowest BCUT2D eigenvalue weighted by molar-refractivity contribution is 0.0624. The third-order valence-corrected chi connectivity index (χ3v) is 1.41. The predicted molar refractivity (Wildman–Crippen MR) is 43.2 cm³/mol. The molecule has 0 saturated carbocycles. The summed E-state index contributed by atoms with van der Waals surface area (Å²) in [5.41, 5.74) is 0.620. The van der Waals surface area contributed by atoms with E-state index in [0.717, 1.165) is 0 Å². The maximum absolute atomic E-state index is 9.13. The second kappa shape index (κ2) is 4.04. The fraction of sp³-hybridized carbons (Fsp3) is 0.375. The molecule has 2 unspecified atom stereocenters. The van der Waals surface area contributed by atoms with Crippen molar-refractivity contribution in [3.8, 4) is 0 Å². The Hall–Kier alpha value is -1.13. The number of nitrogens with zero attached hydrogens (tertiary/aromatic N) is 1. The van der Waals surface area contributed by atoms with Gasteiger partial charge in [-0.2, -0.15) is 0 Å². The zero-order valence-corrected chi connectivity index (χ0v) is 6.71. The normalized spacial score (nSPS) is 16.6. The lowest BCUT2D eigenvalue weighted by atomic mass is 10.2. The van der Waals surface area contributed by atoms with Gasteiger partial charge in [0.15, 0.2) is 6.39 Å². The minimum atomic E-state index is -0.860. The third kappa shape index (κ3) is 2.48. The van der Waals surface area contributed by atoms with Crippen LogP contribution in [-0.4, -0.2) is 27.4 Å². The van der Waals surface area contributed by atoms with Crippen molar-refractivity contribution in [3.63, 3.8) is 0 Å². The van der Waals surface area contributed by atoms with Gasteiger partial charge in [-0.05, 0) is 13.0 Å². The molecule has 2 N–H and O–H groups in total. The van der Waals surface area contributed by atoms with Gasteiger partial charge in [0.1, 0.15) is 12.0 Å². The van der Waals surface area contributed by atoms with Crippen LogP contribution in [0, 0.1) is 0 Å². The van der Waals surface area contributed by atoms with Crippen LogP contribution in [0.3, 0.4) is 0 Å². The van der Waals surface area contributed by atoms with E-state index in [0.29, 0.717) is 5.69 Å². The van der Waals surface area contributed by atoms with Gasteiger partial charge >= 0.3 is 0 Å². The summed E-state index contributed by atoms with van der Waals surface area (Å²) in [5.74, 6) is 0. The minimum Gasteiger partial charge on any atom is -0.451 e. The summed E-state index contributed by atoms with van der Waals surface area (Å²) in [7, 11) is 0. The van der Waals surface area contributed by atoms with Crippen molar-refractivity contribution >= 4 is 6.08 Å². The summed E-state index contributed by atoms with van der Waals surface area (Å²) < 4.78 is 4.70. The molecule has 0 aliphatic heterocycles.